The van der Waals surface area contributed by atoms with Crippen LogP contribution < -0.4 is 10.5 Å². The Labute approximate surface area is 143 Å². The number of aromatic amines is 1. The molecule has 8 nitrogen and oxygen atoms in total. The number of hydrogen-bond acceptors (Lipinski definition) is 5. The number of aryl methyl sites for hydroxylation is 1. The molecule has 4 rings (SSSR count). The number of nitrogens with zero attached hydrogens (tertiary/aromatic N) is 5. The van der Waals surface area contributed by atoms with Crippen molar-refractivity contribution in [1.82, 2.24) is 24.5 Å². The highest BCUT2D eigenvalue weighted by Gasteiger charge is 2.24. The summed E-state index contributed by atoms with van der Waals surface area (Å²) in [4.78, 5) is 37.0. The molecular weight excluding hydrogens is 320 g/mol. The van der Waals surface area contributed by atoms with Gasteiger partial charge in [-0.05, 0) is 19.1 Å². The predicted molar refractivity (Wildman–Crippen MR) is 92.9 cm³/mol. The van der Waals surface area contributed by atoms with Crippen LogP contribution in [0.2, 0.25) is 0 Å². The Balaban J connectivity index is 1.50. The molecule has 2 aromatic heterocycles. The summed E-state index contributed by atoms with van der Waals surface area (Å²) in [5.41, 5.74) is 1.16. The lowest BCUT2D eigenvalue weighted by molar-refractivity contribution is 0.0746. The molecule has 8 heteroatoms. The van der Waals surface area contributed by atoms with E-state index >= 15 is 0 Å². The van der Waals surface area contributed by atoms with Crippen LogP contribution in [-0.2, 0) is 0 Å². The number of amides is 1. The van der Waals surface area contributed by atoms with Crippen LogP contribution in [0, 0.1) is 6.92 Å². The van der Waals surface area contributed by atoms with Crippen molar-refractivity contribution in [1.29, 1.82) is 0 Å². The number of rotatable bonds is 2. The fourth-order valence-electron chi connectivity index (χ4n) is 3.01. The van der Waals surface area contributed by atoms with E-state index in [9.17, 15) is 9.59 Å². The summed E-state index contributed by atoms with van der Waals surface area (Å²) in [6.45, 7) is 4.26. The van der Waals surface area contributed by atoms with Gasteiger partial charge in [-0.25, -0.2) is 4.98 Å². The molecule has 3 heterocycles. The molecule has 1 saturated heterocycles. The number of carbonyl (C=O) groups is 1. The summed E-state index contributed by atoms with van der Waals surface area (Å²) in [5.74, 6) is 1.00. The van der Waals surface area contributed by atoms with E-state index in [4.69, 9.17) is 0 Å². The third-order valence-corrected chi connectivity index (χ3v) is 4.33. The standard InChI is InChI=1S/C17H18N6O2/c1-12-11-14(24)23-16(18-12)19-17(20-23)22-9-7-21(8-10-22)15(25)13-5-3-2-4-6-13/h2-6,11H,7-10H2,1H3,(H,18,19,20). The third kappa shape index (κ3) is 2.86. The molecule has 128 valence electrons. The average Bonchev–Trinajstić information content (AvgIpc) is 3.06. The van der Waals surface area contributed by atoms with Gasteiger partial charge in [-0.15, -0.1) is 0 Å². The van der Waals surface area contributed by atoms with Crippen LogP contribution in [0.25, 0.3) is 5.78 Å². The van der Waals surface area contributed by atoms with Crippen LogP contribution in [-0.4, -0.2) is 56.6 Å². The molecule has 0 bridgehead atoms. The fraction of sp³-hybridized carbons (Fsp3) is 0.294. The van der Waals surface area contributed by atoms with E-state index in [0.29, 0.717) is 49.2 Å². The van der Waals surface area contributed by atoms with E-state index in [1.807, 2.05) is 40.1 Å². The summed E-state index contributed by atoms with van der Waals surface area (Å²) >= 11 is 0. The van der Waals surface area contributed by atoms with E-state index in [1.54, 1.807) is 6.92 Å². The normalized spacial score (nSPS) is 14.9. The molecule has 0 atom stereocenters. The molecule has 1 aliphatic rings. The van der Waals surface area contributed by atoms with E-state index in [1.165, 1.54) is 10.6 Å². The quantitative estimate of drug-likeness (QED) is 0.743. The van der Waals surface area contributed by atoms with Gasteiger partial charge in [-0.3, -0.25) is 14.7 Å². The molecular formula is C17H18N6O2. The minimum Gasteiger partial charge on any atom is -0.338 e. The summed E-state index contributed by atoms with van der Waals surface area (Å²) in [6, 6.07) is 10.7. The van der Waals surface area contributed by atoms with E-state index < -0.39 is 0 Å². The highest BCUT2D eigenvalue weighted by atomic mass is 16.2. The Morgan fingerprint density at radius 1 is 1.08 bits per heavy atom. The van der Waals surface area contributed by atoms with Crippen LogP contribution in [0.3, 0.4) is 0 Å². The van der Waals surface area contributed by atoms with Gasteiger partial charge in [0.15, 0.2) is 0 Å². The van der Waals surface area contributed by atoms with Crippen molar-refractivity contribution in [2.24, 2.45) is 0 Å². The lowest BCUT2D eigenvalue weighted by atomic mass is 10.2. The smallest absolute Gasteiger partial charge is 0.274 e. The Bertz CT molecular complexity index is 970. The van der Waals surface area contributed by atoms with Crippen LogP contribution in [0.15, 0.2) is 41.2 Å². The van der Waals surface area contributed by atoms with Crippen molar-refractivity contribution >= 4 is 17.6 Å². The second-order valence-electron chi connectivity index (χ2n) is 6.06. The number of H-pyrrole nitrogens is 1. The molecule has 0 unspecified atom stereocenters. The van der Waals surface area contributed by atoms with Crippen molar-refractivity contribution in [3.63, 3.8) is 0 Å². The van der Waals surface area contributed by atoms with Crippen LogP contribution >= 0.6 is 0 Å². The van der Waals surface area contributed by atoms with Crippen LogP contribution in [0.4, 0.5) is 5.95 Å². The van der Waals surface area contributed by atoms with Gasteiger partial charge in [0.2, 0.25) is 5.95 Å². The molecule has 1 N–H and O–H groups in total. The fourth-order valence-corrected chi connectivity index (χ4v) is 3.01. The molecule has 0 saturated carbocycles. The van der Waals surface area contributed by atoms with E-state index in [-0.39, 0.29) is 11.5 Å². The molecule has 1 aliphatic heterocycles. The molecule has 0 spiro atoms. The minimum absolute atomic E-state index is 0.0402. The summed E-state index contributed by atoms with van der Waals surface area (Å²) in [5, 5.41) is 2.99. The van der Waals surface area contributed by atoms with Crippen molar-refractivity contribution in [2.45, 2.75) is 6.92 Å². The first-order chi connectivity index (χ1) is 12.1. The highest BCUT2D eigenvalue weighted by molar-refractivity contribution is 5.94. The maximum absolute atomic E-state index is 12.5. The van der Waals surface area contributed by atoms with Gasteiger partial charge in [0.25, 0.3) is 17.2 Å². The molecule has 0 aliphatic carbocycles. The SMILES string of the molecule is Cc1cc(=O)n2[nH]c(N3CCN(C(=O)c4ccccc4)CC3)nc2n1. The third-order valence-electron chi connectivity index (χ3n) is 4.33. The topological polar surface area (TPSA) is 86.6 Å². The summed E-state index contributed by atoms with van der Waals surface area (Å²) in [6.07, 6.45) is 0. The predicted octanol–water partition coefficient (Wildman–Crippen LogP) is 0.688. The molecule has 0 radical (unpaired) electrons. The van der Waals surface area contributed by atoms with Gasteiger partial charge in [-0.2, -0.15) is 9.50 Å². The van der Waals surface area contributed by atoms with Crippen molar-refractivity contribution in [2.75, 3.05) is 31.1 Å². The molecule has 25 heavy (non-hydrogen) atoms. The molecule has 1 amide bonds. The zero-order chi connectivity index (χ0) is 17.4. The van der Waals surface area contributed by atoms with Gasteiger partial charge in [0, 0.05) is 43.5 Å². The zero-order valence-electron chi connectivity index (χ0n) is 13.8. The summed E-state index contributed by atoms with van der Waals surface area (Å²) in [7, 11) is 0. The number of hydrogen-bond donors (Lipinski definition) is 1. The number of nitrogens with one attached hydrogen (secondary N) is 1. The lowest BCUT2D eigenvalue weighted by Crippen LogP contribution is -2.49. The van der Waals surface area contributed by atoms with Gasteiger partial charge in [0.05, 0.1) is 0 Å². The average molecular weight is 338 g/mol. The van der Waals surface area contributed by atoms with E-state index in [0.717, 1.165) is 0 Å². The highest BCUT2D eigenvalue weighted by Crippen LogP contribution is 2.14. The van der Waals surface area contributed by atoms with Gasteiger partial charge < -0.3 is 9.80 Å². The second kappa shape index (κ2) is 6.04. The Hall–Kier alpha value is -3.16. The molecule has 3 aromatic rings. The van der Waals surface area contributed by atoms with Crippen LogP contribution in [0.5, 0.6) is 0 Å². The number of carbonyl (C=O) groups excluding carboxylic acids is 1. The minimum atomic E-state index is -0.181. The Kier molecular flexibility index (Phi) is 3.72. The monoisotopic (exact) mass is 338 g/mol. The number of aromatic nitrogens is 4. The second-order valence-corrected chi connectivity index (χ2v) is 6.06. The Morgan fingerprint density at radius 2 is 1.80 bits per heavy atom. The number of piperazine rings is 1. The Morgan fingerprint density at radius 3 is 2.52 bits per heavy atom. The van der Waals surface area contributed by atoms with Crippen molar-refractivity contribution in [3.05, 3.63) is 58.0 Å². The van der Waals surface area contributed by atoms with Crippen molar-refractivity contribution in [3.8, 4) is 0 Å². The summed E-state index contributed by atoms with van der Waals surface area (Å²) < 4.78 is 1.34. The van der Waals surface area contributed by atoms with Gasteiger partial charge in [0.1, 0.15) is 0 Å². The van der Waals surface area contributed by atoms with Crippen molar-refractivity contribution < 1.29 is 4.79 Å². The molecule has 1 aromatic carbocycles. The first-order valence-corrected chi connectivity index (χ1v) is 8.17. The zero-order valence-corrected chi connectivity index (χ0v) is 13.8. The first kappa shape index (κ1) is 15.4. The maximum atomic E-state index is 12.5. The number of benzene rings is 1. The largest absolute Gasteiger partial charge is 0.338 e. The molecule has 1 fully saturated rings. The first-order valence-electron chi connectivity index (χ1n) is 8.17. The van der Waals surface area contributed by atoms with Gasteiger partial charge in [-0.1, -0.05) is 18.2 Å². The maximum Gasteiger partial charge on any atom is 0.274 e. The lowest BCUT2D eigenvalue weighted by Gasteiger charge is -2.34. The van der Waals surface area contributed by atoms with E-state index in [2.05, 4.69) is 15.1 Å². The van der Waals surface area contributed by atoms with Gasteiger partial charge >= 0.3 is 0 Å². The number of fused-ring (bicyclic) bond motifs is 1. The van der Waals surface area contributed by atoms with Crippen LogP contribution in [0.1, 0.15) is 16.1 Å². The number of anilines is 1.